The zero-order valence-electron chi connectivity index (χ0n) is 10.6. The molecule has 3 N–H and O–H groups in total. The monoisotopic (exact) mass is 241 g/mol. The molecular formula is C12H23N3O2. The van der Waals surface area contributed by atoms with Crippen LogP contribution in [0.1, 0.15) is 39.0 Å². The van der Waals surface area contributed by atoms with Gasteiger partial charge in [0.25, 0.3) is 0 Å². The van der Waals surface area contributed by atoms with Gasteiger partial charge in [-0.25, -0.2) is 0 Å². The van der Waals surface area contributed by atoms with E-state index in [1.807, 2.05) is 6.92 Å². The van der Waals surface area contributed by atoms with Gasteiger partial charge in [0.05, 0.1) is 0 Å². The van der Waals surface area contributed by atoms with E-state index in [-0.39, 0.29) is 11.8 Å². The molecule has 0 aromatic carbocycles. The summed E-state index contributed by atoms with van der Waals surface area (Å²) >= 11 is 0. The quantitative estimate of drug-likeness (QED) is 0.594. The topological polar surface area (TPSA) is 70.2 Å². The van der Waals surface area contributed by atoms with E-state index in [2.05, 4.69) is 16.0 Å². The third-order valence-electron chi connectivity index (χ3n) is 2.84. The molecule has 1 fully saturated rings. The molecule has 0 aromatic rings. The molecule has 17 heavy (non-hydrogen) atoms. The van der Waals surface area contributed by atoms with E-state index in [0.29, 0.717) is 32.0 Å². The largest absolute Gasteiger partial charge is 0.356 e. The number of rotatable bonds is 7. The first-order chi connectivity index (χ1) is 8.22. The van der Waals surface area contributed by atoms with Gasteiger partial charge in [-0.3, -0.25) is 9.59 Å². The number of nitrogens with one attached hydrogen (secondary N) is 3. The molecule has 0 bridgehead atoms. The van der Waals surface area contributed by atoms with Crippen molar-refractivity contribution in [2.75, 3.05) is 19.6 Å². The van der Waals surface area contributed by atoms with Crippen molar-refractivity contribution in [1.29, 1.82) is 0 Å². The molecule has 0 aliphatic carbocycles. The van der Waals surface area contributed by atoms with Crippen LogP contribution in [0, 0.1) is 0 Å². The SMILES string of the molecule is CCCNC(=O)CCNC(=O)CC1CCCN1. The lowest BCUT2D eigenvalue weighted by Gasteiger charge is -2.10. The Morgan fingerprint density at radius 1 is 1.24 bits per heavy atom. The summed E-state index contributed by atoms with van der Waals surface area (Å²) in [5, 5.41) is 8.83. The summed E-state index contributed by atoms with van der Waals surface area (Å²) in [7, 11) is 0. The first kappa shape index (κ1) is 14.0. The lowest BCUT2D eigenvalue weighted by Crippen LogP contribution is -2.34. The predicted octanol–water partition coefficient (Wildman–Crippen LogP) is 0.161. The minimum Gasteiger partial charge on any atom is -0.356 e. The van der Waals surface area contributed by atoms with Crippen molar-refractivity contribution in [2.24, 2.45) is 0 Å². The summed E-state index contributed by atoms with van der Waals surface area (Å²) < 4.78 is 0. The second-order valence-electron chi connectivity index (χ2n) is 4.45. The van der Waals surface area contributed by atoms with Crippen molar-refractivity contribution < 1.29 is 9.59 Å². The average molecular weight is 241 g/mol. The Morgan fingerprint density at radius 3 is 2.65 bits per heavy atom. The molecule has 5 heteroatoms. The van der Waals surface area contributed by atoms with Gasteiger partial charge >= 0.3 is 0 Å². The van der Waals surface area contributed by atoms with Gasteiger partial charge in [0.2, 0.25) is 11.8 Å². The van der Waals surface area contributed by atoms with E-state index in [0.717, 1.165) is 25.8 Å². The predicted molar refractivity (Wildman–Crippen MR) is 66.6 cm³/mol. The normalized spacial score (nSPS) is 19.0. The number of carbonyl (C=O) groups is 2. The number of hydrogen-bond donors (Lipinski definition) is 3. The number of carbonyl (C=O) groups excluding carboxylic acids is 2. The van der Waals surface area contributed by atoms with Gasteiger partial charge in [-0.15, -0.1) is 0 Å². The Bertz CT molecular complexity index is 250. The van der Waals surface area contributed by atoms with E-state index in [1.165, 1.54) is 0 Å². The lowest BCUT2D eigenvalue weighted by atomic mass is 10.1. The minimum atomic E-state index is 0.00569. The van der Waals surface area contributed by atoms with Crippen LogP contribution in [0.15, 0.2) is 0 Å². The fourth-order valence-electron chi connectivity index (χ4n) is 1.90. The molecule has 5 nitrogen and oxygen atoms in total. The van der Waals surface area contributed by atoms with Gasteiger partial charge in [0.15, 0.2) is 0 Å². The van der Waals surface area contributed by atoms with Gasteiger partial charge in [-0.1, -0.05) is 6.92 Å². The molecule has 1 rings (SSSR count). The molecule has 0 saturated carbocycles. The first-order valence-electron chi connectivity index (χ1n) is 6.49. The van der Waals surface area contributed by atoms with Crippen LogP contribution in [0.4, 0.5) is 0 Å². The summed E-state index contributed by atoms with van der Waals surface area (Å²) in [6, 6.07) is 0.323. The molecule has 1 aliphatic rings. The summed E-state index contributed by atoms with van der Waals surface area (Å²) in [6.07, 6.45) is 4.05. The third-order valence-corrected chi connectivity index (χ3v) is 2.84. The highest BCUT2D eigenvalue weighted by Gasteiger charge is 2.17. The highest BCUT2D eigenvalue weighted by Crippen LogP contribution is 2.07. The standard InChI is InChI=1S/C12H23N3O2/c1-2-6-14-11(16)5-8-15-12(17)9-10-4-3-7-13-10/h10,13H,2-9H2,1H3,(H,14,16)(H,15,17). The molecule has 1 atom stereocenters. The number of hydrogen-bond acceptors (Lipinski definition) is 3. The molecule has 1 saturated heterocycles. The van der Waals surface area contributed by atoms with Gasteiger partial charge < -0.3 is 16.0 Å². The Kier molecular flexibility index (Phi) is 6.62. The maximum Gasteiger partial charge on any atom is 0.221 e. The Morgan fingerprint density at radius 2 is 2.00 bits per heavy atom. The summed E-state index contributed by atoms with van der Waals surface area (Å²) in [5.74, 6) is 0.0406. The van der Waals surface area contributed by atoms with Crippen molar-refractivity contribution in [3.63, 3.8) is 0 Å². The highest BCUT2D eigenvalue weighted by molar-refractivity contribution is 5.79. The van der Waals surface area contributed by atoms with E-state index < -0.39 is 0 Å². The van der Waals surface area contributed by atoms with Crippen LogP contribution in [0.3, 0.4) is 0 Å². The Labute approximate surface area is 103 Å². The lowest BCUT2D eigenvalue weighted by molar-refractivity contribution is -0.122. The fourth-order valence-corrected chi connectivity index (χ4v) is 1.90. The second-order valence-corrected chi connectivity index (χ2v) is 4.45. The zero-order chi connectivity index (χ0) is 12.5. The molecule has 0 radical (unpaired) electrons. The Balaban J connectivity index is 2.01. The van der Waals surface area contributed by atoms with E-state index in [9.17, 15) is 9.59 Å². The van der Waals surface area contributed by atoms with Crippen molar-refractivity contribution in [2.45, 2.75) is 45.1 Å². The molecule has 0 aromatic heterocycles. The van der Waals surface area contributed by atoms with Crippen molar-refractivity contribution in [3.05, 3.63) is 0 Å². The Hall–Kier alpha value is -1.10. The van der Waals surface area contributed by atoms with Gasteiger partial charge in [0, 0.05) is 32.0 Å². The highest BCUT2D eigenvalue weighted by atomic mass is 16.2. The van der Waals surface area contributed by atoms with Crippen LogP contribution in [-0.4, -0.2) is 37.5 Å². The summed E-state index contributed by atoms with van der Waals surface area (Å²) in [4.78, 5) is 22.8. The summed E-state index contributed by atoms with van der Waals surface area (Å²) in [6.45, 7) is 4.16. The molecule has 1 aliphatic heterocycles. The van der Waals surface area contributed by atoms with Crippen LogP contribution in [0.2, 0.25) is 0 Å². The molecule has 1 unspecified atom stereocenters. The zero-order valence-corrected chi connectivity index (χ0v) is 10.6. The number of amides is 2. The van der Waals surface area contributed by atoms with Gasteiger partial charge in [0.1, 0.15) is 0 Å². The van der Waals surface area contributed by atoms with Crippen LogP contribution in [0.5, 0.6) is 0 Å². The average Bonchev–Trinajstić information content (AvgIpc) is 2.79. The smallest absolute Gasteiger partial charge is 0.221 e. The van der Waals surface area contributed by atoms with Crippen LogP contribution >= 0.6 is 0 Å². The molecule has 98 valence electrons. The van der Waals surface area contributed by atoms with Crippen molar-refractivity contribution in [3.8, 4) is 0 Å². The van der Waals surface area contributed by atoms with E-state index >= 15 is 0 Å². The molecule has 2 amide bonds. The van der Waals surface area contributed by atoms with Gasteiger partial charge in [-0.05, 0) is 25.8 Å². The maximum absolute atomic E-state index is 11.5. The second kappa shape index (κ2) is 8.06. The van der Waals surface area contributed by atoms with E-state index in [4.69, 9.17) is 0 Å². The van der Waals surface area contributed by atoms with Crippen LogP contribution in [-0.2, 0) is 9.59 Å². The van der Waals surface area contributed by atoms with Crippen molar-refractivity contribution in [1.82, 2.24) is 16.0 Å². The van der Waals surface area contributed by atoms with Crippen LogP contribution in [0.25, 0.3) is 0 Å². The maximum atomic E-state index is 11.5. The summed E-state index contributed by atoms with van der Waals surface area (Å²) in [5.41, 5.74) is 0. The molecular weight excluding hydrogens is 218 g/mol. The molecule has 1 heterocycles. The van der Waals surface area contributed by atoms with Crippen molar-refractivity contribution >= 4 is 11.8 Å². The fraction of sp³-hybridized carbons (Fsp3) is 0.833. The van der Waals surface area contributed by atoms with E-state index in [1.54, 1.807) is 0 Å². The first-order valence-corrected chi connectivity index (χ1v) is 6.49. The van der Waals surface area contributed by atoms with Crippen LogP contribution < -0.4 is 16.0 Å². The third kappa shape index (κ3) is 6.26. The molecule has 0 spiro atoms. The van der Waals surface area contributed by atoms with Gasteiger partial charge in [-0.2, -0.15) is 0 Å². The minimum absolute atomic E-state index is 0.00569.